The molecule has 0 aliphatic heterocycles. The SMILES string of the molecule is Cn1cc(-c2cc(-c3cnc4c(c3)C=CC4)ccn2)n(-c2ccccc2C#N)c1=O. The van der Waals surface area contributed by atoms with Crippen LogP contribution in [0.4, 0.5) is 0 Å². The lowest BCUT2D eigenvalue weighted by Gasteiger charge is -2.10. The van der Waals surface area contributed by atoms with E-state index in [1.165, 1.54) is 9.13 Å². The third-order valence-corrected chi connectivity index (χ3v) is 5.28. The number of fused-ring (bicyclic) bond motifs is 1. The molecule has 0 fully saturated rings. The van der Waals surface area contributed by atoms with Gasteiger partial charge in [0.05, 0.1) is 28.3 Å². The van der Waals surface area contributed by atoms with E-state index in [1.54, 1.807) is 37.6 Å². The number of rotatable bonds is 3. The number of hydrogen-bond acceptors (Lipinski definition) is 4. The molecule has 3 aromatic heterocycles. The summed E-state index contributed by atoms with van der Waals surface area (Å²) < 4.78 is 3.04. The highest BCUT2D eigenvalue weighted by Gasteiger charge is 2.17. The van der Waals surface area contributed by atoms with Crippen LogP contribution in [0.3, 0.4) is 0 Å². The number of para-hydroxylation sites is 1. The van der Waals surface area contributed by atoms with Crippen molar-refractivity contribution in [2.24, 2.45) is 7.05 Å². The summed E-state index contributed by atoms with van der Waals surface area (Å²) in [5, 5.41) is 9.51. The molecule has 0 amide bonds. The summed E-state index contributed by atoms with van der Waals surface area (Å²) in [5.74, 6) is 0. The van der Waals surface area contributed by atoms with Gasteiger partial charge in [0, 0.05) is 37.6 Å². The van der Waals surface area contributed by atoms with Gasteiger partial charge in [0.25, 0.3) is 0 Å². The monoisotopic (exact) mass is 391 g/mol. The molecular weight excluding hydrogens is 374 g/mol. The van der Waals surface area contributed by atoms with E-state index in [2.05, 4.69) is 34.3 Å². The normalized spacial score (nSPS) is 12.0. The minimum Gasteiger partial charge on any atom is -0.301 e. The van der Waals surface area contributed by atoms with Crippen molar-refractivity contribution >= 4 is 6.08 Å². The largest absolute Gasteiger partial charge is 0.333 e. The Morgan fingerprint density at radius 2 is 1.97 bits per heavy atom. The van der Waals surface area contributed by atoms with Crippen LogP contribution in [0.2, 0.25) is 0 Å². The maximum atomic E-state index is 12.9. The highest BCUT2D eigenvalue weighted by Crippen LogP contribution is 2.28. The second-order valence-electron chi connectivity index (χ2n) is 7.17. The Hall–Kier alpha value is -4.24. The van der Waals surface area contributed by atoms with Crippen LogP contribution >= 0.6 is 0 Å². The third-order valence-electron chi connectivity index (χ3n) is 5.28. The van der Waals surface area contributed by atoms with E-state index in [1.807, 2.05) is 24.4 Å². The van der Waals surface area contributed by atoms with Gasteiger partial charge in [-0.2, -0.15) is 5.26 Å². The van der Waals surface area contributed by atoms with Gasteiger partial charge in [-0.15, -0.1) is 0 Å². The number of imidazole rings is 1. The molecular formula is C24H17N5O. The summed E-state index contributed by atoms with van der Waals surface area (Å²) in [6.07, 6.45) is 10.4. The van der Waals surface area contributed by atoms with Crippen molar-refractivity contribution in [1.82, 2.24) is 19.1 Å². The quantitative estimate of drug-likeness (QED) is 0.533. The summed E-state index contributed by atoms with van der Waals surface area (Å²) in [5.41, 5.74) is 6.18. The van der Waals surface area contributed by atoms with E-state index in [0.29, 0.717) is 22.6 Å². The Balaban J connectivity index is 1.67. The third kappa shape index (κ3) is 2.85. The molecule has 0 N–H and O–H groups in total. The van der Waals surface area contributed by atoms with E-state index in [9.17, 15) is 10.1 Å². The highest BCUT2D eigenvalue weighted by molar-refractivity contribution is 5.73. The minimum atomic E-state index is -0.232. The molecule has 0 radical (unpaired) electrons. The first-order chi connectivity index (χ1) is 14.7. The molecule has 4 aromatic rings. The van der Waals surface area contributed by atoms with Gasteiger partial charge in [-0.25, -0.2) is 4.79 Å². The van der Waals surface area contributed by atoms with E-state index < -0.39 is 0 Å². The van der Waals surface area contributed by atoms with E-state index in [4.69, 9.17) is 0 Å². The van der Waals surface area contributed by atoms with Crippen LogP contribution in [0.1, 0.15) is 16.8 Å². The maximum Gasteiger partial charge on any atom is 0.333 e. The lowest BCUT2D eigenvalue weighted by atomic mass is 10.0. The van der Waals surface area contributed by atoms with Crippen molar-refractivity contribution < 1.29 is 0 Å². The second kappa shape index (κ2) is 6.98. The molecule has 30 heavy (non-hydrogen) atoms. The Labute approximate surface area is 173 Å². The number of aryl methyl sites for hydroxylation is 1. The van der Waals surface area contributed by atoms with Gasteiger partial charge < -0.3 is 4.57 Å². The van der Waals surface area contributed by atoms with Crippen molar-refractivity contribution in [3.63, 3.8) is 0 Å². The standard InChI is InChI=1S/C24H17N5O/c1-28-15-23(29(24(28)30)22-8-3-2-5-18(22)13-25)21-12-16(9-10-26-21)19-11-17-6-4-7-20(17)27-14-19/h2-6,8-12,14-15H,7H2,1H3. The molecule has 6 heteroatoms. The van der Waals surface area contributed by atoms with Gasteiger partial charge in [0.2, 0.25) is 0 Å². The number of nitrogens with zero attached hydrogens (tertiary/aromatic N) is 5. The summed E-state index contributed by atoms with van der Waals surface area (Å²) in [6, 6.07) is 15.2. The van der Waals surface area contributed by atoms with Crippen molar-refractivity contribution in [2.45, 2.75) is 6.42 Å². The van der Waals surface area contributed by atoms with Gasteiger partial charge in [0.15, 0.2) is 0 Å². The number of aromatic nitrogens is 4. The zero-order valence-electron chi connectivity index (χ0n) is 16.3. The molecule has 1 aliphatic rings. The van der Waals surface area contributed by atoms with E-state index >= 15 is 0 Å². The number of nitriles is 1. The smallest absolute Gasteiger partial charge is 0.301 e. The van der Waals surface area contributed by atoms with Gasteiger partial charge in [0.1, 0.15) is 6.07 Å². The number of pyridine rings is 2. The molecule has 0 bridgehead atoms. The Kier molecular flexibility index (Phi) is 4.15. The van der Waals surface area contributed by atoms with Crippen molar-refractivity contribution in [3.05, 3.63) is 94.4 Å². The Morgan fingerprint density at radius 1 is 1.10 bits per heavy atom. The van der Waals surface area contributed by atoms with Crippen LogP contribution in [-0.2, 0) is 13.5 Å². The first kappa shape index (κ1) is 17.8. The lowest BCUT2D eigenvalue weighted by Crippen LogP contribution is -2.22. The number of hydrogen-bond donors (Lipinski definition) is 0. The average molecular weight is 391 g/mol. The van der Waals surface area contributed by atoms with Crippen LogP contribution in [0.15, 0.2) is 71.9 Å². The number of allylic oxidation sites excluding steroid dienone is 1. The van der Waals surface area contributed by atoms with Gasteiger partial charge in [-0.05, 0) is 41.5 Å². The van der Waals surface area contributed by atoms with E-state index in [0.717, 1.165) is 28.8 Å². The molecule has 0 saturated carbocycles. The van der Waals surface area contributed by atoms with E-state index in [-0.39, 0.29) is 5.69 Å². The van der Waals surface area contributed by atoms with Crippen molar-refractivity contribution in [1.29, 1.82) is 5.26 Å². The molecule has 6 nitrogen and oxygen atoms in total. The fourth-order valence-corrected chi connectivity index (χ4v) is 3.76. The zero-order valence-corrected chi connectivity index (χ0v) is 16.3. The molecule has 0 saturated heterocycles. The van der Waals surface area contributed by atoms with Gasteiger partial charge >= 0.3 is 5.69 Å². The van der Waals surface area contributed by atoms with Crippen molar-refractivity contribution in [2.75, 3.05) is 0 Å². The predicted molar refractivity (Wildman–Crippen MR) is 115 cm³/mol. The maximum absolute atomic E-state index is 12.9. The Morgan fingerprint density at radius 3 is 2.83 bits per heavy atom. The fourth-order valence-electron chi connectivity index (χ4n) is 3.76. The van der Waals surface area contributed by atoms with Crippen LogP contribution in [0, 0.1) is 11.3 Å². The molecule has 1 aliphatic carbocycles. The molecule has 5 rings (SSSR count). The van der Waals surface area contributed by atoms with Crippen LogP contribution < -0.4 is 5.69 Å². The molecule has 1 aromatic carbocycles. The lowest BCUT2D eigenvalue weighted by molar-refractivity contribution is 0.823. The summed E-state index contributed by atoms with van der Waals surface area (Å²) in [4.78, 5) is 22.0. The Bertz CT molecular complexity index is 1420. The first-order valence-electron chi connectivity index (χ1n) is 9.56. The molecule has 3 heterocycles. The number of benzene rings is 1. The second-order valence-corrected chi connectivity index (χ2v) is 7.17. The fraction of sp³-hybridized carbons (Fsp3) is 0.0833. The average Bonchev–Trinajstić information content (AvgIpc) is 3.37. The predicted octanol–water partition coefficient (Wildman–Crippen LogP) is 3.74. The minimum absolute atomic E-state index is 0.232. The molecule has 0 spiro atoms. The summed E-state index contributed by atoms with van der Waals surface area (Å²) in [7, 11) is 1.69. The topological polar surface area (TPSA) is 76.5 Å². The molecule has 144 valence electrons. The zero-order chi connectivity index (χ0) is 20.7. The first-order valence-corrected chi connectivity index (χ1v) is 9.56. The molecule has 0 unspecified atom stereocenters. The van der Waals surface area contributed by atoms with Gasteiger partial charge in [-0.1, -0.05) is 24.3 Å². The van der Waals surface area contributed by atoms with Crippen LogP contribution in [0.5, 0.6) is 0 Å². The van der Waals surface area contributed by atoms with Crippen LogP contribution in [-0.4, -0.2) is 19.1 Å². The van der Waals surface area contributed by atoms with Gasteiger partial charge in [-0.3, -0.25) is 14.5 Å². The summed E-state index contributed by atoms with van der Waals surface area (Å²) >= 11 is 0. The van der Waals surface area contributed by atoms with Crippen molar-refractivity contribution in [3.8, 4) is 34.3 Å². The highest BCUT2D eigenvalue weighted by atomic mass is 16.1. The van der Waals surface area contributed by atoms with Crippen LogP contribution in [0.25, 0.3) is 34.3 Å². The molecule has 0 atom stereocenters. The summed E-state index contributed by atoms with van der Waals surface area (Å²) in [6.45, 7) is 0.